The van der Waals surface area contributed by atoms with Crippen LogP contribution in [-0.2, 0) is 0 Å². The first-order chi connectivity index (χ1) is 25.3. The highest BCUT2D eigenvalue weighted by Crippen LogP contribution is 2.43. The van der Waals surface area contributed by atoms with E-state index in [9.17, 15) is 0 Å². The number of likely N-dealkylation sites (N-methyl/N-ethyl adjacent to an activating group) is 1. The summed E-state index contributed by atoms with van der Waals surface area (Å²) in [5, 5.41) is 5.35. The molecule has 7 rings (SSSR count). The van der Waals surface area contributed by atoms with Crippen LogP contribution in [0, 0.1) is 23.1 Å². The van der Waals surface area contributed by atoms with E-state index in [0.29, 0.717) is 45.4 Å². The highest BCUT2D eigenvalue weighted by molar-refractivity contribution is 6.90. The van der Waals surface area contributed by atoms with Gasteiger partial charge in [-0.1, -0.05) is 83.9 Å². The van der Waals surface area contributed by atoms with E-state index in [4.69, 9.17) is 19.7 Å². The van der Waals surface area contributed by atoms with Crippen LogP contribution in [-0.4, -0.2) is 78.8 Å². The monoisotopic (exact) mass is 736 g/mol. The van der Waals surface area contributed by atoms with Gasteiger partial charge in [0.15, 0.2) is 5.82 Å². The van der Waals surface area contributed by atoms with Gasteiger partial charge in [0.2, 0.25) is 0 Å². The van der Waals surface area contributed by atoms with Crippen LogP contribution >= 0.6 is 0 Å². The number of hydrogen-bond acceptors (Lipinski definition) is 7. The summed E-state index contributed by atoms with van der Waals surface area (Å²) in [6.45, 7) is 23.0. The molecule has 2 aromatic carbocycles. The van der Waals surface area contributed by atoms with Crippen LogP contribution in [0.4, 0.5) is 14.6 Å². The third-order valence-corrected chi connectivity index (χ3v) is 19.0. The largest absolute Gasteiger partial charge is 0.461 e. The Morgan fingerprint density at radius 1 is 1.09 bits per heavy atom. The Labute approximate surface area is 314 Å². The zero-order valence-electron chi connectivity index (χ0n) is 32.6. The molecule has 0 spiro atoms. The van der Waals surface area contributed by atoms with Crippen molar-refractivity contribution in [2.24, 2.45) is 0 Å². The Hall–Kier alpha value is -3.91. The van der Waals surface area contributed by atoms with Crippen LogP contribution in [0.25, 0.3) is 32.9 Å². The molecule has 10 heteroatoms. The van der Waals surface area contributed by atoms with Crippen LogP contribution in [0.2, 0.25) is 16.6 Å². The topological polar surface area (TPSA) is 66.4 Å². The average molecular weight is 737 g/mol. The van der Waals surface area contributed by atoms with Crippen molar-refractivity contribution in [2.75, 3.05) is 38.2 Å². The first kappa shape index (κ1) is 37.4. The fourth-order valence-electron chi connectivity index (χ4n) is 10.00. The molecule has 4 aromatic rings. The second-order valence-electron chi connectivity index (χ2n) is 16.7. The molecule has 3 aliphatic rings. The number of halogens is 2. The molecule has 5 heterocycles. The zero-order valence-corrected chi connectivity index (χ0v) is 33.6. The lowest BCUT2D eigenvalue weighted by Crippen LogP contribution is -2.43. The summed E-state index contributed by atoms with van der Waals surface area (Å²) in [6.07, 6.45) is 5.57. The Morgan fingerprint density at radius 2 is 1.85 bits per heavy atom. The van der Waals surface area contributed by atoms with Crippen LogP contribution in [0.15, 0.2) is 48.7 Å². The lowest BCUT2D eigenvalue weighted by Gasteiger charge is -2.38. The summed E-state index contributed by atoms with van der Waals surface area (Å²) in [6, 6.07) is 9.28. The van der Waals surface area contributed by atoms with Crippen molar-refractivity contribution in [3.05, 3.63) is 65.9 Å². The van der Waals surface area contributed by atoms with Crippen molar-refractivity contribution in [2.45, 2.75) is 108 Å². The van der Waals surface area contributed by atoms with E-state index in [1.807, 2.05) is 19.2 Å². The maximum Gasteiger partial charge on any atom is 0.319 e. The van der Waals surface area contributed by atoms with Crippen LogP contribution in [0.5, 0.6) is 6.01 Å². The number of hydrogen-bond donors (Lipinski definition) is 1. The highest BCUT2D eigenvalue weighted by atomic mass is 28.3. The van der Waals surface area contributed by atoms with E-state index in [2.05, 4.69) is 81.6 Å². The number of ether oxygens (including phenoxy) is 1. The summed E-state index contributed by atoms with van der Waals surface area (Å²) in [5.41, 5.74) is 6.88. The maximum absolute atomic E-state index is 17.3. The normalized spacial score (nSPS) is 22.0. The minimum atomic E-state index is -2.20. The first-order valence-corrected chi connectivity index (χ1v) is 21.6. The summed E-state index contributed by atoms with van der Waals surface area (Å²) in [7, 11) is -0.203. The predicted molar refractivity (Wildman–Crippen MR) is 215 cm³/mol. The minimum absolute atomic E-state index is 0.0960. The van der Waals surface area contributed by atoms with Gasteiger partial charge in [-0.25, -0.2) is 8.78 Å². The lowest BCUT2D eigenvalue weighted by molar-refractivity contribution is 0.108. The van der Waals surface area contributed by atoms with Gasteiger partial charge in [-0.05, 0) is 73.8 Å². The number of benzene rings is 2. The summed E-state index contributed by atoms with van der Waals surface area (Å²) >= 11 is 0. The highest BCUT2D eigenvalue weighted by Gasteiger charge is 2.47. The Kier molecular flexibility index (Phi) is 10.2. The molecule has 0 unspecified atom stereocenters. The van der Waals surface area contributed by atoms with Crippen LogP contribution < -0.4 is 15.0 Å². The van der Waals surface area contributed by atoms with Gasteiger partial charge in [0.05, 0.1) is 16.5 Å². The number of aromatic nitrogens is 3. The Balaban J connectivity index is 1.39. The molecule has 1 N–H and O–H groups in total. The van der Waals surface area contributed by atoms with Gasteiger partial charge in [-0.15, -0.1) is 5.54 Å². The molecule has 3 fully saturated rings. The first-order valence-electron chi connectivity index (χ1n) is 19.4. The molecule has 7 nitrogen and oxygen atoms in total. The third kappa shape index (κ3) is 6.42. The number of fused-ring (bicyclic) bond motifs is 3. The molecule has 0 aliphatic carbocycles. The van der Waals surface area contributed by atoms with Crippen LogP contribution in [0.1, 0.15) is 79.7 Å². The Bertz CT molecular complexity index is 2100. The molecule has 0 amide bonds. The van der Waals surface area contributed by atoms with E-state index in [1.165, 1.54) is 11.6 Å². The summed E-state index contributed by atoms with van der Waals surface area (Å²) in [4.78, 5) is 19.0. The number of pyridine rings is 1. The molecule has 2 aromatic heterocycles. The fourth-order valence-corrected chi connectivity index (χ4v) is 15.2. The molecule has 280 valence electrons. The minimum Gasteiger partial charge on any atom is -0.461 e. The number of nitrogens with one attached hydrogen (secondary N) is 1. The van der Waals surface area contributed by atoms with E-state index in [1.54, 1.807) is 18.3 Å². The third-order valence-electron chi connectivity index (χ3n) is 12.7. The van der Waals surface area contributed by atoms with Gasteiger partial charge in [0.25, 0.3) is 0 Å². The van der Waals surface area contributed by atoms with Crippen molar-refractivity contribution in [3.63, 3.8) is 0 Å². The quantitative estimate of drug-likeness (QED) is 0.105. The zero-order chi connectivity index (χ0) is 37.8. The van der Waals surface area contributed by atoms with E-state index < -0.39 is 19.7 Å². The van der Waals surface area contributed by atoms with Crippen molar-refractivity contribution in [1.29, 1.82) is 0 Å². The van der Waals surface area contributed by atoms with E-state index >= 15 is 8.78 Å². The molecule has 3 aliphatic heterocycles. The van der Waals surface area contributed by atoms with Crippen molar-refractivity contribution in [1.82, 2.24) is 25.2 Å². The smallest absolute Gasteiger partial charge is 0.319 e. The maximum atomic E-state index is 17.3. The lowest BCUT2D eigenvalue weighted by atomic mass is 9.94. The van der Waals surface area contributed by atoms with Crippen molar-refractivity contribution in [3.8, 4) is 28.7 Å². The number of nitrogens with zero attached hydrogens (tertiary/aromatic N) is 5. The summed E-state index contributed by atoms with van der Waals surface area (Å²) < 4.78 is 39.8. The molecular weight excluding hydrogens is 683 g/mol. The Morgan fingerprint density at radius 3 is 2.55 bits per heavy atom. The second kappa shape index (κ2) is 14.4. The second-order valence-corrected chi connectivity index (χ2v) is 22.2. The molecule has 0 radical (unpaired) electrons. The molecule has 0 saturated carbocycles. The standard InChI is InChI=1S/C43H54F2N6OSi/c1-26(2)53(27(3)4,28(5)6)21-17-32-35(44)15-14-31-12-10-13-33(37(31)32)39-38(45)40-34(23-47-39)41(50(9)36-16-19-46-30(36)8)49-42(48-40)52-25-43-18-11-20-51(43)24-29(7)22-43/h10,12-15,23,26-28,30,36,46H,7,11,16,18-20,22,24-25H2,1-6,8-9H3/t30-,36-,43+/m1/s1. The van der Waals surface area contributed by atoms with Gasteiger partial charge >= 0.3 is 6.01 Å². The van der Waals surface area contributed by atoms with Crippen molar-refractivity contribution >= 4 is 35.6 Å². The molecule has 3 atom stereocenters. The fraction of sp³-hybridized carbons (Fsp3) is 0.512. The SMILES string of the molecule is C=C1CN2CCC[C@@]2(COc2nc(N(C)[C@@H]3CCN[C@@H]3C)c3cnc(-c4cccc5ccc(F)c(C#C[Si](C(C)C)(C(C)C)C(C)C)c45)c(F)c3n2)C1. The van der Waals surface area contributed by atoms with Gasteiger partial charge in [0, 0.05) is 42.8 Å². The average Bonchev–Trinajstić information content (AvgIpc) is 3.81. The van der Waals surface area contributed by atoms with Gasteiger partial charge in [0.1, 0.15) is 37.5 Å². The summed E-state index contributed by atoms with van der Waals surface area (Å²) in [5.74, 6) is 2.92. The van der Waals surface area contributed by atoms with Gasteiger partial charge in [-0.2, -0.15) is 9.97 Å². The predicted octanol–water partition coefficient (Wildman–Crippen LogP) is 9.05. The van der Waals surface area contributed by atoms with E-state index in [0.717, 1.165) is 50.7 Å². The number of anilines is 1. The number of rotatable bonds is 9. The molecule has 0 bridgehead atoms. The van der Waals surface area contributed by atoms with Gasteiger partial charge in [-0.3, -0.25) is 9.88 Å². The van der Waals surface area contributed by atoms with Crippen LogP contribution in [0.3, 0.4) is 0 Å². The van der Waals surface area contributed by atoms with E-state index in [-0.39, 0.29) is 40.4 Å². The molecule has 3 saturated heterocycles. The molecular formula is C43H54F2N6OSi. The van der Waals surface area contributed by atoms with Crippen molar-refractivity contribution < 1.29 is 13.5 Å². The molecule has 53 heavy (non-hydrogen) atoms. The van der Waals surface area contributed by atoms with Gasteiger partial charge < -0.3 is 15.0 Å².